The van der Waals surface area contributed by atoms with Gasteiger partial charge in [-0.15, -0.1) is 0 Å². The number of ether oxygens (including phenoxy) is 1. The van der Waals surface area contributed by atoms with Gasteiger partial charge in [0, 0.05) is 12.0 Å². The number of hydrogen-bond donors (Lipinski definition) is 1. The Morgan fingerprint density at radius 3 is 2.72 bits per heavy atom. The summed E-state index contributed by atoms with van der Waals surface area (Å²) in [5.41, 5.74) is 0.846. The molecule has 1 heterocycles. The smallest absolute Gasteiger partial charge is 0.316 e. The Bertz CT molecular complexity index is 373. The normalized spacial score (nSPS) is 14.3. The molecule has 0 aliphatic carbocycles. The van der Waals surface area contributed by atoms with E-state index in [2.05, 4.69) is 36.1 Å². The van der Waals surface area contributed by atoms with Crippen LogP contribution in [0.2, 0.25) is 5.02 Å². The maximum atomic E-state index is 6.17. The van der Waals surface area contributed by atoms with Crippen LogP contribution < -0.4 is 10.1 Å². The quantitative estimate of drug-likeness (QED) is 0.828. The highest BCUT2D eigenvalue weighted by Gasteiger charge is 2.21. The van der Waals surface area contributed by atoms with Crippen LogP contribution in [-0.4, -0.2) is 29.7 Å². The first kappa shape index (κ1) is 15.2. The fraction of sp³-hybridized carbons (Fsp3) is 0.692. The summed E-state index contributed by atoms with van der Waals surface area (Å²) in [6.07, 6.45) is 3.75. The zero-order chi connectivity index (χ0) is 13.5. The maximum Gasteiger partial charge on any atom is 0.316 e. The van der Waals surface area contributed by atoms with Crippen molar-refractivity contribution in [1.82, 2.24) is 15.3 Å². The lowest BCUT2D eigenvalue weighted by atomic mass is 9.95. The van der Waals surface area contributed by atoms with Gasteiger partial charge in [-0.05, 0) is 19.4 Å². The summed E-state index contributed by atoms with van der Waals surface area (Å²) in [5, 5.41) is 4.12. The van der Waals surface area contributed by atoms with Crippen molar-refractivity contribution in [1.29, 1.82) is 0 Å². The Morgan fingerprint density at radius 1 is 1.44 bits per heavy atom. The van der Waals surface area contributed by atoms with Gasteiger partial charge in [0.25, 0.3) is 0 Å². The molecule has 0 fully saturated rings. The zero-order valence-electron chi connectivity index (χ0n) is 11.5. The summed E-state index contributed by atoms with van der Waals surface area (Å²) in [4.78, 5) is 8.36. The molecule has 1 rings (SSSR count). The van der Waals surface area contributed by atoms with Crippen LogP contribution in [0.25, 0.3) is 0 Å². The third-order valence-electron chi connectivity index (χ3n) is 3.06. The molecule has 1 N–H and O–H groups in total. The molecular weight excluding hydrogens is 250 g/mol. The van der Waals surface area contributed by atoms with E-state index in [0.717, 1.165) is 25.1 Å². The van der Waals surface area contributed by atoms with E-state index in [1.807, 2.05) is 0 Å². The summed E-state index contributed by atoms with van der Waals surface area (Å²) in [5.74, 6) is 0.228. The van der Waals surface area contributed by atoms with Crippen molar-refractivity contribution in [2.75, 3.05) is 13.7 Å². The van der Waals surface area contributed by atoms with Crippen molar-refractivity contribution in [3.05, 3.63) is 16.9 Å². The molecular formula is C13H22ClN3O. The topological polar surface area (TPSA) is 47.0 Å². The van der Waals surface area contributed by atoms with Crippen LogP contribution in [0.3, 0.4) is 0 Å². The van der Waals surface area contributed by atoms with E-state index in [1.165, 1.54) is 0 Å². The molecule has 0 bridgehead atoms. The number of hydrogen-bond acceptors (Lipinski definition) is 4. The lowest BCUT2D eigenvalue weighted by molar-refractivity contribution is 0.371. The number of nitrogens with zero attached hydrogens (tertiary/aromatic N) is 2. The van der Waals surface area contributed by atoms with Gasteiger partial charge in [0.05, 0.1) is 24.0 Å². The van der Waals surface area contributed by atoms with Crippen LogP contribution >= 0.6 is 11.6 Å². The Labute approximate surface area is 114 Å². The molecule has 102 valence electrons. The van der Waals surface area contributed by atoms with E-state index in [4.69, 9.17) is 16.3 Å². The second-order valence-corrected chi connectivity index (χ2v) is 4.75. The Balaban J connectivity index is 2.89. The molecule has 0 radical (unpaired) electrons. The summed E-state index contributed by atoms with van der Waals surface area (Å²) in [6, 6.07) is 0.730. The van der Waals surface area contributed by atoms with Gasteiger partial charge in [0.15, 0.2) is 0 Å². The number of aromatic nitrogens is 2. The molecule has 4 nitrogen and oxygen atoms in total. The molecule has 0 saturated heterocycles. The van der Waals surface area contributed by atoms with Crippen LogP contribution in [0.1, 0.15) is 45.2 Å². The van der Waals surface area contributed by atoms with E-state index < -0.39 is 0 Å². The lowest BCUT2D eigenvalue weighted by Gasteiger charge is -2.24. The predicted molar refractivity (Wildman–Crippen MR) is 74.4 cm³/mol. The minimum absolute atomic E-state index is 0.228. The van der Waals surface area contributed by atoms with Crippen LogP contribution in [0.5, 0.6) is 6.01 Å². The van der Waals surface area contributed by atoms with Crippen LogP contribution in [0.4, 0.5) is 0 Å². The van der Waals surface area contributed by atoms with Crippen molar-refractivity contribution in [3.63, 3.8) is 0 Å². The number of halogens is 1. The van der Waals surface area contributed by atoms with Gasteiger partial charge in [0.2, 0.25) is 0 Å². The standard InChI is InChI=1S/C13H22ClN3O/c1-5-7-15-11(6-2)9(3)12-10(14)8-16-13(17-12)18-4/h8-9,11,15H,5-7H2,1-4H3. The first-order valence-corrected chi connectivity index (χ1v) is 6.81. The first-order valence-electron chi connectivity index (χ1n) is 6.43. The average Bonchev–Trinajstić information content (AvgIpc) is 2.40. The average molecular weight is 272 g/mol. The third-order valence-corrected chi connectivity index (χ3v) is 3.35. The van der Waals surface area contributed by atoms with Crippen molar-refractivity contribution in [2.45, 2.75) is 45.6 Å². The predicted octanol–water partition coefficient (Wildman–Crippen LogP) is 3.02. The van der Waals surface area contributed by atoms with Crippen LogP contribution in [0.15, 0.2) is 6.20 Å². The minimum Gasteiger partial charge on any atom is -0.467 e. The van der Waals surface area contributed by atoms with E-state index in [9.17, 15) is 0 Å². The maximum absolute atomic E-state index is 6.17. The molecule has 0 spiro atoms. The van der Waals surface area contributed by atoms with E-state index in [-0.39, 0.29) is 5.92 Å². The summed E-state index contributed by atoms with van der Waals surface area (Å²) in [6.45, 7) is 7.45. The molecule has 2 atom stereocenters. The molecule has 0 saturated carbocycles. The van der Waals surface area contributed by atoms with E-state index >= 15 is 0 Å². The molecule has 0 aromatic carbocycles. The van der Waals surface area contributed by atoms with Crippen molar-refractivity contribution < 1.29 is 4.74 Å². The van der Waals surface area contributed by atoms with E-state index in [0.29, 0.717) is 17.1 Å². The Kier molecular flexibility index (Phi) is 6.36. The third kappa shape index (κ3) is 3.82. The molecule has 1 aromatic heterocycles. The van der Waals surface area contributed by atoms with Gasteiger partial charge in [-0.3, -0.25) is 0 Å². The number of rotatable bonds is 7. The van der Waals surface area contributed by atoms with Gasteiger partial charge in [-0.25, -0.2) is 4.98 Å². The summed E-state index contributed by atoms with van der Waals surface area (Å²) >= 11 is 6.17. The van der Waals surface area contributed by atoms with Gasteiger partial charge in [0.1, 0.15) is 0 Å². The van der Waals surface area contributed by atoms with Gasteiger partial charge in [-0.1, -0.05) is 32.4 Å². The summed E-state index contributed by atoms with van der Waals surface area (Å²) < 4.78 is 5.05. The molecule has 0 amide bonds. The molecule has 18 heavy (non-hydrogen) atoms. The highest BCUT2D eigenvalue weighted by atomic mass is 35.5. The molecule has 5 heteroatoms. The van der Waals surface area contributed by atoms with Crippen molar-refractivity contribution in [3.8, 4) is 6.01 Å². The summed E-state index contributed by atoms with van der Waals surface area (Å²) in [7, 11) is 1.56. The molecule has 0 aliphatic heterocycles. The largest absolute Gasteiger partial charge is 0.467 e. The van der Waals surface area contributed by atoms with E-state index in [1.54, 1.807) is 13.3 Å². The zero-order valence-corrected chi connectivity index (χ0v) is 12.3. The van der Waals surface area contributed by atoms with Crippen LogP contribution in [0, 0.1) is 0 Å². The highest BCUT2D eigenvalue weighted by Crippen LogP contribution is 2.27. The number of methoxy groups -OCH3 is 1. The Morgan fingerprint density at radius 2 is 2.17 bits per heavy atom. The monoisotopic (exact) mass is 271 g/mol. The lowest BCUT2D eigenvalue weighted by Crippen LogP contribution is -2.34. The SMILES string of the molecule is CCCNC(CC)C(C)c1nc(OC)ncc1Cl. The molecule has 0 aliphatic rings. The van der Waals surface area contributed by atoms with Gasteiger partial charge in [-0.2, -0.15) is 4.98 Å². The highest BCUT2D eigenvalue weighted by molar-refractivity contribution is 6.31. The number of nitrogens with one attached hydrogen (secondary N) is 1. The molecule has 2 unspecified atom stereocenters. The van der Waals surface area contributed by atoms with Crippen molar-refractivity contribution in [2.24, 2.45) is 0 Å². The van der Waals surface area contributed by atoms with Gasteiger partial charge >= 0.3 is 6.01 Å². The molecule has 1 aromatic rings. The fourth-order valence-electron chi connectivity index (χ4n) is 1.98. The fourth-order valence-corrected chi connectivity index (χ4v) is 2.24. The second-order valence-electron chi connectivity index (χ2n) is 4.35. The second kappa shape index (κ2) is 7.54. The Hall–Kier alpha value is -0.870. The van der Waals surface area contributed by atoms with Crippen LogP contribution in [-0.2, 0) is 0 Å². The van der Waals surface area contributed by atoms with Gasteiger partial charge < -0.3 is 10.1 Å². The first-order chi connectivity index (χ1) is 8.63. The van der Waals surface area contributed by atoms with Crippen molar-refractivity contribution >= 4 is 11.6 Å². The minimum atomic E-state index is 0.228.